The summed E-state index contributed by atoms with van der Waals surface area (Å²) in [5.74, 6) is 3.06. The van der Waals surface area contributed by atoms with Crippen LogP contribution in [0.15, 0.2) is 23.5 Å². The van der Waals surface area contributed by atoms with Crippen molar-refractivity contribution in [1.29, 1.82) is 0 Å². The average molecular weight is 472 g/mol. The molecule has 1 amide bonds. The van der Waals surface area contributed by atoms with Crippen LogP contribution in [0.5, 0.6) is 0 Å². The Labute approximate surface area is 193 Å². The molecule has 0 radical (unpaired) electrons. The summed E-state index contributed by atoms with van der Waals surface area (Å²) in [5, 5.41) is -0.0542. The molecule has 2 saturated heterocycles. The summed E-state index contributed by atoms with van der Waals surface area (Å²) in [6.07, 6.45) is 4.96. The SMILES string of the molecule is COC1=CC(C)=CC(S(=O)N2CCSCC2COCC(=O)N2CCN(C)CC2)C(C)C1. The molecule has 3 aliphatic rings. The van der Waals surface area contributed by atoms with Crippen molar-refractivity contribution in [2.45, 2.75) is 31.6 Å². The number of carbonyl (C=O) groups excluding carboxylic acids is 1. The zero-order chi connectivity index (χ0) is 22.4. The minimum absolute atomic E-state index is 0.0540. The Morgan fingerprint density at radius 2 is 2.00 bits per heavy atom. The van der Waals surface area contributed by atoms with Gasteiger partial charge in [-0.25, -0.2) is 8.51 Å². The van der Waals surface area contributed by atoms with Crippen LogP contribution in [0.4, 0.5) is 0 Å². The lowest BCUT2D eigenvalue weighted by Crippen LogP contribution is -2.50. The fourth-order valence-corrected chi connectivity index (χ4v) is 7.30. The molecule has 2 fully saturated rings. The van der Waals surface area contributed by atoms with Crippen molar-refractivity contribution in [3.05, 3.63) is 23.5 Å². The molecule has 2 heterocycles. The Morgan fingerprint density at radius 1 is 1.26 bits per heavy atom. The summed E-state index contributed by atoms with van der Waals surface area (Å²) >= 11 is 1.86. The van der Waals surface area contributed by atoms with Gasteiger partial charge in [0.25, 0.3) is 0 Å². The fourth-order valence-electron chi connectivity index (χ4n) is 4.21. The Hall–Kier alpha value is -0.870. The van der Waals surface area contributed by atoms with Crippen molar-refractivity contribution in [2.75, 3.05) is 71.6 Å². The highest BCUT2D eigenvalue weighted by atomic mass is 32.2. The van der Waals surface area contributed by atoms with E-state index in [2.05, 4.69) is 29.3 Å². The summed E-state index contributed by atoms with van der Waals surface area (Å²) in [4.78, 5) is 16.6. The van der Waals surface area contributed by atoms with E-state index in [4.69, 9.17) is 9.47 Å². The van der Waals surface area contributed by atoms with E-state index in [0.29, 0.717) is 6.61 Å². The quantitative estimate of drug-likeness (QED) is 0.564. The number of rotatable bonds is 7. The highest BCUT2D eigenvalue weighted by Gasteiger charge is 2.34. The first kappa shape index (κ1) is 24.8. The molecule has 4 atom stereocenters. The number of carbonyl (C=O) groups is 1. The van der Waals surface area contributed by atoms with Crippen LogP contribution < -0.4 is 0 Å². The molecule has 0 spiro atoms. The van der Waals surface area contributed by atoms with Crippen molar-refractivity contribution >= 4 is 28.7 Å². The molecule has 1 aliphatic carbocycles. The van der Waals surface area contributed by atoms with Crippen molar-refractivity contribution in [2.24, 2.45) is 5.92 Å². The molecule has 7 nitrogen and oxygen atoms in total. The average Bonchev–Trinajstić information content (AvgIpc) is 2.91. The topological polar surface area (TPSA) is 62.3 Å². The second kappa shape index (κ2) is 11.8. The lowest BCUT2D eigenvalue weighted by molar-refractivity contribution is -0.138. The molecule has 4 unspecified atom stereocenters. The molecule has 3 rings (SSSR count). The highest BCUT2D eigenvalue weighted by Crippen LogP contribution is 2.30. The van der Waals surface area contributed by atoms with Gasteiger partial charge in [-0.2, -0.15) is 11.8 Å². The normalized spacial score (nSPS) is 29.7. The van der Waals surface area contributed by atoms with Crippen molar-refractivity contribution < 1.29 is 18.5 Å². The summed E-state index contributed by atoms with van der Waals surface area (Å²) in [6, 6.07) is 0.0545. The Kier molecular flexibility index (Phi) is 9.46. The predicted octanol–water partition coefficient (Wildman–Crippen LogP) is 1.74. The summed E-state index contributed by atoms with van der Waals surface area (Å²) in [6.45, 7) is 8.83. The number of hydrogen-bond donors (Lipinski definition) is 0. The van der Waals surface area contributed by atoms with E-state index in [1.165, 1.54) is 0 Å². The number of nitrogens with zero attached hydrogens (tertiary/aromatic N) is 3. The summed E-state index contributed by atoms with van der Waals surface area (Å²) in [7, 11) is 2.62. The summed E-state index contributed by atoms with van der Waals surface area (Å²) < 4.78 is 27.1. The number of methoxy groups -OCH3 is 1. The van der Waals surface area contributed by atoms with Gasteiger partial charge < -0.3 is 19.3 Å². The molecule has 0 saturated carbocycles. The molecule has 176 valence electrons. The molecule has 9 heteroatoms. The monoisotopic (exact) mass is 471 g/mol. The highest BCUT2D eigenvalue weighted by molar-refractivity contribution is 7.99. The van der Waals surface area contributed by atoms with E-state index < -0.39 is 11.0 Å². The molecule has 0 aromatic heterocycles. The van der Waals surface area contributed by atoms with Crippen molar-refractivity contribution in [3.63, 3.8) is 0 Å². The van der Waals surface area contributed by atoms with Crippen LogP contribution in [-0.4, -0.2) is 107 Å². The fraction of sp³-hybridized carbons (Fsp3) is 0.773. The maximum absolute atomic E-state index is 13.6. The maximum atomic E-state index is 13.6. The van der Waals surface area contributed by atoms with Crippen LogP contribution in [0.25, 0.3) is 0 Å². The molecule has 0 aromatic carbocycles. The number of thioether (sulfide) groups is 1. The third kappa shape index (κ3) is 6.81. The third-order valence-corrected chi connectivity index (χ3v) is 9.29. The van der Waals surface area contributed by atoms with Crippen LogP contribution in [0.2, 0.25) is 0 Å². The van der Waals surface area contributed by atoms with Crippen molar-refractivity contribution in [3.8, 4) is 0 Å². The van der Waals surface area contributed by atoms with Gasteiger partial charge in [-0.1, -0.05) is 18.6 Å². The standard InChI is InChI=1S/C22H37N3O4S2/c1-17-11-20(28-4)13-18(2)21(12-17)31(27)25-9-10-30-16-19(25)14-29-15-22(26)24-7-5-23(3)6-8-24/h11-12,18-19,21H,5-10,13-16H2,1-4H3. The molecule has 2 aliphatic heterocycles. The summed E-state index contributed by atoms with van der Waals surface area (Å²) in [5.41, 5.74) is 1.09. The molecular weight excluding hydrogens is 434 g/mol. The molecular formula is C22H37N3O4S2. The number of piperazine rings is 1. The minimum atomic E-state index is -1.15. The smallest absolute Gasteiger partial charge is 0.248 e. The molecule has 31 heavy (non-hydrogen) atoms. The Morgan fingerprint density at radius 3 is 2.71 bits per heavy atom. The minimum Gasteiger partial charge on any atom is -0.501 e. The molecule has 0 bridgehead atoms. The lowest BCUT2D eigenvalue weighted by Gasteiger charge is -2.37. The molecule has 0 N–H and O–H groups in total. The van der Waals surface area contributed by atoms with Gasteiger partial charge in [0.1, 0.15) is 17.6 Å². The van der Waals surface area contributed by atoms with Crippen LogP contribution in [0.1, 0.15) is 20.3 Å². The first-order valence-corrected chi connectivity index (χ1v) is 13.4. The number of hydrogen-bond acceptors (Lipinski definition) is 6. The number of allylic oxidation sites excluding steroid dienone is 3. The predicted molar refractivity (Wildman–Crippen MR) is 127 cm³/mol. The van der Waals surface area contributed by atoms with Gasteiger partial charge in [-0.05, 0) is 26.0 Å². The van der Waals surface area contributed by atoms with E-state index in [9.17, 15) is 9.00 Å². The van der Waals surface area contributed by atoms with E-state index in [0.717, 1.165) is 62.0 Å². The number of ether oxygens (including phenoxy) is 2. The van der Waals surface area contributed by atoms with Crippen LogP contribution in [-0.2, 0) is 25.3 Å². The Bertz CT molecular complexity index is 707. The second-order valence-corrected chi connectivity index (χ2v) is 11.4. The van der Waals surface area contributed by atoms with Crippen LogP contribution in [0, 0.1) is 5.92 Å². The lowest BCUT2D eigenvalue weighted by atomic mass is 10.0. The van der Waals surface area contributed by atoms with E-state index in [-0.39, 0.29) is 29.7 Å². The largest absolute Gasteiger partial charge is 0.501 e. The second-order valence-electron chi connectivity index (χ2n) is 8.72. The van der Waals surface area contributed by atoms with Crippen molar-refractivity contribution in [1.82, 2.24) is 14.1 Å². The van der Waals surface area contributed by atoms with Gasteiger partial charge >= 0.3 is 0 Å². The van der Waals surface area contributed by atoms with E-state index in [1.807, 2.05) is 29.7 Å². The molecule has 0 aromatic rings. The number of likely N-dealkylation sites (N-methyl/N-ethyl adjacent to an activating group) is 1. The van der Waals surface area contributed by atoms with Gasteiger partial charge in [-0.15, -0.1) is 0 Å². The first-order chi connectivity index (χ1) is 14.9. The van der Waals surface area contributed by atoms with E-state index in [1.54, 1.807) is 7.11 Å². The zero-order valence-electron chi connectivity index (χ0n) is 19.2. The van der Waals surface area contributed by atoms with Gasteiger partial charge in [0.15, 0.2) is 0 Å². The first-order valence-electron chi connectivity index (χ1n) is 11.1. The maximum Gasteiger partial charge on any atom is 0.248 e. The van der Waals surface area contributed by atoms with Crippen LogP contribution >= 0.6 is 11.8 Å². The van der Waals surface area contributed by atoms with Gasteiger partial charge in [-0.3, -0.25) is 4.79 Å². The third-order valence-electron chi connectivity index (χ3n) is 6.19. The van der Waals surface area contributed by atoms with E-state index >= 15 is 0 Å². The van der Waals surface area contributed by atoms with Gasteiger partial charge in [0.05, 0.1) is 30.8 Å². The van der Waals surface area contributed by atoms with Crippen LogP contribution in [0.3, 0.4) is 0 Å². The zero-order valence-corrected chi connectivity index (χ0v) is 20.9. The number of amides is 1. The van der Waals surface area contributed by atoms with Gasteiger partial charge in [0, 0.05) is 50.7 Å². The Balaban J connectivity index is 1.55. The van der Waals surface area contributed by atoms with Gasteiger partial charge in [0.2, 0.25) is 5.91 Å².